The van der Waals surface area contributed by atoms with Crippen molar-refractivity contribution in [2.45, 2.75) is 37.4 Å². The first-order valence-electron chi connectivity index (χ1n) is 9.62. The Morgan fingerprint density at radius 1 is 1.22 bits per heavy atom. The minimum absolute atomic E-state index is 0.191. The highest BCUT2D eigenvalue weighted by molar-refractivity contribution is 7.93. The zero-order chi connectivity index (χ0) is 23.1. The maximum absolute atomic E-state index is 14.6. The third kappa shape index (κ3) is 4.74. The van der Waals surface area contributed by atoms with Crippen LogP contribution in [0.2, 0.25) is 5.02 Å². The van der Waals surface area contributed by atoms with Gasteiger partial charge in [-0.05, 0) is 38.8 Å². The maximum atomic E-state index is 14.6. The largest absolute Gasteiger partial charge is 0.307 e. The molecule has 4 rings (SSSR count). The van der Waals surface area contributed by atoms with E-state index in [1.807, 2.05) is 0 Å². The summed E-state index contributed by atoms with van der Waals surface area (Å²) in [6.45, 7) is 3.22. The lowest BCUT2D eigenvalue weighted by Crippen LogP contribution is -2.35. The van der Waals surface area contributed by atoms with Gasteiger partial charge in [0.2, 0.25) is 15.9 Å². The van der Waals surface area contributed by atoms with Gasteiger partial charge in [0.05, 0.1) is 21.4 Å². The normalized spacial score (nSPS) is 14.2. The Labute approximate surface area is 193 Å². The molecule has 1 saturated carbocycles. The van der Waals surface area contributed by atoms with Crippen LogP contribution in [0.3, 0.4) is 0 Å². The molecule has 3 heterocycles. The van der Waals surface area contributed by atoms with E-state index < -0.39 is 27.2 Å². The maximum Gasteiger partial charge on any atom is 0.237 e. The zero-order valence-electron chi connectivity index (χ0n) is 17.1. The molecule has 0 saturated heterocycles. The van der Waals surface area contributed by atoms with Crippen molar-refractivity contribution in [3.8, 4) is 11.1 Å². The quantitative estimate of drug-likeness (QED) is 0.507. The van der Waals surface area contributed by atoms with E-state index in [2.05, 4.69) is 25.0 Å². The van der Waals surface area contributed by atoms with Gasteiger partial charge in [-0.25, -0.2) is 22.8 Å². The number of rotatable bonds is 7. The number of sulfonamides is 1. The van der Waals surface area contributed by atoms with E-state index in [0.29, 0.717) is 34.7 Å². The molecule has 0 aromatic carbocycles. The molecule has 32 heavy (non-hydrogen) atoms. The summed E-state index contributed by atoms with van der Waals surface area (Å²) in [5, 5.41) is 4.30. The molecule has 1 amide bonds. The SMILES string of the molecule is CC(C)(C(=O)Nc1ncc(-c2cncc(Cl)c2)cc1F)c1csc(NS(=O)(=O)C2CC2)n1. The van der Waals surface area contributed by atoms with Gasteiger partial charge in [-0.1, -0.05) is 11.6 Å². The van der Waals surface area contributed by atoms with Crippen molar-refractivity contribution < 1.29 is 17.6 Å². The van der Waals surface area contributed by atoms with Crippen molar-refractivity contribution in [2.24, 2.45) is 0 Å². The van der Waals surface area contributed by atoms with Crippen LogP contribution >= 0.6 is 22.9 Å². The number of hydrogen-bond donors (Lipinski definition) is 2. The molecule has 0 aliphatic heterocycles. The molecule has 2 N–H and O–H groups in total. The number of halogens is 2. The van der Waals surface area contributed by atoms with Crippen LogP contribution in [-0.2, 0) is 20.2 Å². The predicted molar refractivity (Wildman–Crippen MR) is 122 cm³/mol. The van der Waals surface area contributed by atoms with Crippen LogP contribution in [0.1, 0.15) is 32.4 Å². The molecule has 0 unspecified atom stereocenters. The first kappa shape index (κ1) is 22.6. The van der Waals surface area contributed by atoms with Crippen LogP contribution in [0.25, 0.3) is 11.1 Å². The standard InChI is InChI=1S/C20H19ClFN5O3S2/c1-20(2,16-10-31-19(25-16)27-32(29,30)14-3-4-14)18(28)26-17-15(22)6-12(8-24-17)11-5-13(21)9-23-7-11/h5-10,14H,3-4H2,1-2H3,(H,25,27)(H,24,26,28). The molecule has 168 valence electrons. The van der Waals surface area contributed by atoms with E-state index in [1.165, 1.54) is 24.7 Å². The Morgan fingerprint density at radius 2 is 1.94 bits per heavy atom. The van der Waals surface area contributed by atoms with Gasteiger partial charge in [-0.2, -0.15) is 0 Å². The Hall–Kier alpha value is -2.63. The number of aromatic nitrogens is 3. The lowest BCUT2D eigenvalue weighted by molar-refractivity contribution is -0.120. The number of nitrogens with one attached hydrogen (secondary N) is 2. The number of carbonyl (C=O) groups is 1. The van der Waals surface area contributed by atoms with Crippen LogP contribution in [-0.4, -0.2) is 34.5 Å². The molecule has 0 atom stereocenters. The summed E-state index contributed by atoms with van der Waals surface area (Å²) < 4.78 is 41.3. The van der Waals surface area contributed by atoms with Crippen molar-refractivity contribution >= 4 is 49.8 Å². The average Bonchev–Trinajstić information content (AvgIpc) is 3.50. The summed E-state index contributed by atoms with van der Waals surface area (Å²) in [4.78, 5) is 25.1. The van der Waals surface area contributed by atoms with Gasteiger partial charge in [0.1, 0.15) is 0 Å². The highest BCUT2D eigenvalue weighted by Gasteiger charge is 2.37. The Bertz CT molecular complexity index is 1290. The highest BCUT2D eigenvalue weighted by Crippen LogP contribution is 2.33. The second-order valence-electron chi connectivity index (χ2n) is 7.91. The monoisotopic (exact) mass is 495 g/mol. The van der Waals surface area contributed by atoms with Crippen molar-refractivity contribution in [3.05, 3.63) is 52.6 Å². The topological polar surface area (TPSA) is 114 Å². The highest BCUT2D eigenvalue weighted by atomic mass is 35.5. The van der Waals surface area contributed by atoms with E-state index in [1.54, 1.807) is 25.3 Å². The van der Waals surface area contributed by atoms with Crippen molar-refractivity contribution in [1.29, 1.82) is 0 Å². The fraction of sp³-hybridized carbons (Fsp3) is 0.300. The molecule has 8 nitrogen and oxygen atoms in total. The van der Waals surface area contributed by atoms with Gasteiger partial charge in [0, 0.05) is 35.1 Å². The fourth-order valence-corrected chi connectivity index (χ4v) is 5.48. The number of anilines is 2. The number of thiazole rings is 1. The van der Waals surface area contributed by atoms with Crippen LogP contribution in [0, 0.1) is 5.82 Å². The summed E-state index contributed by atoms with van der Waals surface area (Å²) in [7, 11) is -3.45. The summed E-state index contributed by atoms with van der Waals surface area (Å²) in [5.41, 5.74) is 0.242. The van der Waals surface area contributed by atoms with Crippen molar-refractivity contribution in [3.63, 3.8) is 0 Å². The fourth-order valence-electron chi connectivity index (χ4n) is 2.83. The Balaban J connectivity index is 1.49. The van der Waals surface area contributed by atoms with E-state index in [0.717, 1.165) is 11.3 Å². The number of pyridine rings is 2. The minimum Gasteiger partial charge on any atom is -0.307 e. The molecule has 3 aromatic rings. The Kier molecular flexibility index (Phi) is 5.91. The number of nitrogens with zero attached hydrogens (tertiary/aromatic N) is 3. The van der Waals surface area contributed by atoms with E-state index in [-0.39, 0.29) is 16.2 Å². The van der Waals surface area contributed by atoms with Gasteiger partial charge >= 0.3 is 0 Å². The van der Waals surface area contributed by atoms with E-state index in [4.69, 9.17) is 11.6 Å². The zero-order valence-corrected chi connectivity index (χ0v) is 19.5. The number of hydrogen-bond acceptors (Lipinski definition) is 7. The molecule has 0 bridgehead atoms. The van der Waals surface area contributed by atoms with Gasteiger partial charge < -0.3 is 5.32 Å². The van der Waals surface area contributed by atoms with Crippen LogP contribution < -0.4 is 10.0 Å². The Morgan fingerprint density at radius 3 is 2.59 bits per heavy atom. The van der Waals surface area contributed by atoms with Gasteiger partial charge in [0.15, 0.2) is 16.8 Å². The van der Waals surface area contributed by atoms with Crippen molar-refractivity contribution in [1.82, 2.24) is 15.0 Å². The van der Waals surface area contributed by atoms with Crippen molar-refractivity contribution in [2.75, 3.05) is 10.0 Å². The average molecular weight is 496 g/mol. The number of amides is 1. The van der Waals surface area contributed by atoms with Gasteiger partial charge in [0.25, 0.3) is 0 Å². The molecule has 1 fully saturated rings. The summed E-state index contributed by atoms with van der Waals surface area (Å²) >= 11 is 7.01. The first-order valence-corrected chi connectivity index (χ1v) is 12.4. The third-order valence-corrected chi connectivity index (χ3v) is 7.94. The molecule has 12 heteroatoms. The lowest BCUT2D eigenvalue weighted by Gasteiger charge is -2.21. The van der Waals surface area contributed by atoms with Crippen LogP contribution in [0.15, 0.2) is 36.1 Å². The molecule has 1 aliphatic carbocycles. The molecule has 0 radical (unpaired) electrons. The van der Waals surface area contributed by atoms with Crippen LogP contribution in [0.5, 0.6) is 0 Å². The molecule has 1 aliphatic rings. The molecular weight excluding hydrogens is 477 g/mol. The van der Waals surface area contributed by atoms with E-state index >= 15 is 0 Å². The summed E-state index contributed by atoms with van der Waals surface area (Å²) in [6, 6.07) is 2.86. The van der Waals surface area contributed by atoms with Crippen LogP contribution in [0.4, 0.5) is 15.3 Å². The smallest absolute Gasteiger partial charge is 0.237 e. The van der Waals surface area contributed by atoms with Gasteiger partial charge in [-0.15, -0.1) is 11.3 Å². The molecular formula is C20H19ClFN5O3S2. The minimum atomic E-state index is -3.45. The second-order valence-corrected chi connectivity index (χ2v) is 11.2. The summed E-state index contributed by atoms with van der Waals surface area (Å²) in [5.74, 6) is -1.49. The third-order valence-electron chi connectivity index (χ3n) is 5.02. The molecule has 0 spiro atoms. The second kappa shape index (κ2) is 8.38. The van der Waals surface area contributed by atoms with E-state index in [9.17, 15) is 17.6 Å². The molecule has 3 aromatic heterocycles. The van der Waals surface area contributed by atoms with Gasteiger partial charge in [-0.3, -0.25) is 14.5 Å². The summed E-state index contributed by atoms with van der Waals surface area (Å²) in [6.07, 6.45) is 5.67. The predicted octanol–water partition coefficient (Wildman–Crippen LogP) is 4.21. The lowest BCUT2D eigenvalue weighted by atomic mass is 9.89. The number of carbonyl (C=O) groups excluding carboxylic acids is 1. The first-order chi connectivity index (χ1) is 15.1.